The van der Waals surface area contributed by atoms with Crippen LogP contribution in [0.2, 0.25) is 0 Å². The van der Waals surface area contributed by atoms with Crippen LogP contribution < -0.4 is 0 Å². The fraction of sp³-hybridized carbons (Fsp3) is 0.500. The van der Waals surface area contributed by atoms with E-state index in [1.165, 1.54) is 12.1 Å². The van der Waals surface area contributed by atoms with Crippen LogP contribution in [0.4, 0.5) is 4.39 Å². The van der Waals surface area contributed by atoms with Crippen molar-refractivity contribution in [3.63, 3.8) is 0 Å². The van der Waals surface area contributed by atoms with Gasteiger partial charge in [0, 0.05) is 19.6 Å². The number of morpholine rings is 1. The zero-order valence-electron chi connectivity index (χ0n) is 10.8. The Hall–Kier alpha value is -1.48. The molecule has 2 atom stereocenters. The Labute approximate surface area is 112 Å². The van der Waals surface area contributed by atoms with Crippen molar-refractivity contribution in [3.8, 4) is 6.07 Å². The molecule has 1 aromatic rings. The minimum Gasteiger partial charge on any atom is -0.387 e. The molecule has 102 valence electrons. The molecule has 19 heavy (non-hydrogen) atoms. The van der Waals surface area contributed by atoms with Crippen LogP contribution in [0, 0.1) is 24.1 Å². The molecule has 0 aromatic heterocycles. The lowest BCUT2D eigenvalue weighted by Crippen LogP contribution is -2.43. The van der Waals surface area contributed by atoms with Gasteiger partial charge in [0.1, 0.15) is 5.82 Å². The lowest BCUT2D eigenvalue weighted by Gasteiger charge is -2.31. The van der Waals surface area contributed by atoms with E-state index < -0.39 is 12.2 Å². The van der Waals surface area contributed by atoms with Crippen LogP contribution in [-0.2, 0) is 4.74 Å². The Morgan fingerprint density at radius 3 is 3.11 bits per heavy atom. The summed E-state index contributed by atoms with van der Waals surface area (Å²) in [4.78, 5) is 1.99. The van der Waals surface area contributed by atoms with E-state index in [0.29, 0.717) is 26.2 Å². The van der Waals surface area contributed by atoms with Gasteiger partial charge in [0.05, 0.1) is 18.8 Å². The zero-order valence-corrected chi connectivity index (χ0v) is 10.8. The second kappa shape index (κ2) is 6.11. The molecule has 1 saturated heterocycles. The molecule has 2 rings (SSSR count). The maximum atomic E-state index is 13.0. The van der Waals surface area contributed by atoms with Crippen LogP contribution >= 0.6 is 0 Å². The number of hydrogen-bond donors (Lipinski definition) is 1. The molecule has 5 heteroatoms. The van der Waals surface area contributed by atoms with Gasteiger partial charge < -0.3 is 9.84 Å². The summed E-state index contributed by atoms with van der Waals surface area (Å²) in [7, 11) is 0. The third kappa shape index (κ3) is 3.51. The Kier molecular flexibility index (Phi) is 4.48. The molecule has 0 saturated carbocycles. The van der Waals surface area contributed by atoms with Crippen LogP contribution in [-0.4, -0.2) is 42.4 Å². The highest BCUT2D eigenvalue weighted by atomic mass is 19.1. The fourth-order valence-corrected chi connectivity index (χ4v) is 2.30. The number of halogens is 1. The molecule has 0 aliphatic carbocycles. The lowest BCUT2D eigenvalue weighted by molar-refractivity contribution is -0.0160. The molecule has 1 aromatic carbocycles. The molecule has 1 N–H and O–H groups in total. The largest absolute Gasteiger partial charge is 0.387 e. The summed E-state index contributed by atoms with van der Waals surface area (Å²) >= 11 is 0. The van der Waals surface area contributed by atoms with E-state index in [4.69, 9.17) is 10.00 Å². The predicted molar refractivity (Wildman–Crippen MR) is 67.9 cm³/mol. The van der Waals surface area contributed by atoms with Crippen molar-refractivity contribution in [2.24, 2.45) is 0 Å². The topological polar surface area (TPSA) is 56.5 Å². The van der Waals surface area contributed by atoms with Gasteiger partial charge in [0.2, 0.25) is 0 Å². The summed E-state index contributed by atoms with van der Waals surface area (Å²) in [6.45, 7) is 3.88. The van der Waals surface area contributed by atoms with Gasteiger partial charge in [-0.3, -0.25) is 4.90 Å². The Morgan fingerprint density at radius 1 is 1.63 bits per heavy atom. The second-order valence-corrected chi connectivity index (χ2v) is 4.76. The number of ether oxygens (including phenoxy) is 1. The summed E-state index contributed by atoms with van der Waals surface area (Å²) in [5.74, 6) is -0.302. The van der Waals surface area contributed by atoms with E-state index in [-0.39, 0.29) is 5.82 Å². The van der Waals surface area contributed by atoms with Crippen LogP contribution in [0.3, 0.4) is 0 Å². The van der Waals surface area contributed by atoms with Gasteiger partial charge in [-0.1, -0.05) is 6.07 Å². The number of aliphatic hydroxyl groups is 1. The van der Waals surface area contributed by atoms with Gasteiger partial charge in [-0.2, -0.15) is 5.26 Å². The normalized spacial score (nSPS) is 21.9. The number of aliphatic hydroxyl groups excluding tert-OH is 1. The first-order chi connectivity index (χ1) is 9.10. The third-order valence-electron chi connectivity index (χ3n) is 3.32. The van der Waals surface area contributed by atoms with Crippen molar-refractivity contribution in [3.05, 3.63) is 35.1 Å². The Bertz CT molecular complexity index is 487. The molecular weight excluding hydrogens is 247 g/mol. The lowest BCUT2D eigenvalue weighted by atomic mass is 10.0. The Morgan fingerprint density at radius 2 is 2.42 bits per heavy atom. The number of benzene rings is 1. The number of nitrogens with zero attached hydrogens (tertiary/aromatic N) is 2. The van der Waals surface area contributed by atoms with E-state index in [2.05, 4.69) is 6.07 Å². The predicted octanol–water partition coefficient (Wildman–Crippen LogP) is 1.39. The van der Waals surface area contributed by atoms with Gasteiger partial charge >= 0.3 is 0 Å². The summed E-state index contributed by atoms with van der Waals surface area (Å²) in [6, 6.07) is 6.44. The van der Waals surface area contributed by atoms with Gasteiger partial charge in [-0.25, -0.2) is 4.39 Å². The van der Waals surface area contributed by atoms with Crippen molar-refractivity contribution >= 4 is 0 Å². The molecule has 1 fully saturated rings. The number of aryl methyl sites for hydroxylation is 1. The van der Waals surface area contributed by atoms with Crippen molar-refractivity contribution < 1.29 is 14.2 Å². The Balaban J connectivity index is 2.00. The molecule has 0 bridgehead atoms. The van der Waals surface area contributed by atoms with Crippen molar-refractivity contribution in [1.82, 2.24) is 4.90 Å². The highest BCUT2D eigenvalue weighted by Gasteiger charge is 2.23. The number of hydrogen-bond acceptors (Lipinski definition) is 4. The van der Waals surface area contributed by atoms with Gasteiger partial charge in [-0.15, -0.1) is 0 Å². The van der Waals surface area contributed by atoms with Crippen molar-refractivity contribution in [2.75, 3.05) is 26.2 Å². The summed E-state index contributed by atoms with van der Waals surface area (Å²) in [5, 5.41) is 19.0. The molecule has 0 radical (unpaired) electrons. The van der Waals surface area contributed by atoms with Crippen LogP contribution in [0.25, 0.3) is 0 Å². The quantitative estimate of drug-likeness (QED) is 0.896. The van der Waals surface area contributed by atoms with Crippen molar-refractivity contribution in [2.45, 2.75) is 19.1 Å². The minimum absolute atomic E-state index is 0.302. The number of nitriles is 1. The highest BCUT2D eigenvalue weighted by molar-refractivity contribution is 5.28. The molecule has 2 unspecified atom stereocenters. The first kappa shape index (κ1) is 13.9. The average Bonchev–Trinajstić information content (AvgIpc) is 2.38. The summed E-state index contributed by atoms with van der Waals surface area (Å²) < 4.78 is 18.3. The second-order valence-electron chi connectivity index (χ2n) is 4.76. The number of β-amino-alcohol motifs (C(OH)–C–C–N with tert-alkyl or cyclic N) is 1. The minimum atomic E-state index is -0.682. The van der Waals surface area contributed by atoms with Gasteiger partial charge in [0.15, 0.2) is 6.10 Å². The van der Waals surface area contributed by atoms with E-state index >= 15 is 0 Å². The molecule has 1 aliphatic heterocycles. The molecule has 4 nitrogen and oxygen atoms in total. The molecule has 1 heterocycles. The standard InChI is InChI=1S/C14H17FN2O2/c1-10-6-11(15)2-3-13(10)14(18)9-17-4-5-19-12(7-16)8-17/h2-3,6,12,14,18H,4-5,8-9H2,1H3. The molecule has 0 spiro atoms. The van der Waals surface area contributed by atoms with Crippen LogP contribution in [0.15, 0.2) is 18.2 Å². The number of rotatable bonds is 3. The fourth-order valence-electron chi connectivity index (χ4n) is 2.30. The first-order valence-electron chi connectivity index (χ1n) is 6.28. The highest BCUT2D eigenvalue weighted by Crippen LogP contribution is 2.20. The third-order valence-corrected chi connectivity index (χ3v) is 3.32. The molecular formula is C14H17FN2O2. The summed E-state index contributed by atoms with van der Waals surface area (Å²) in [5.41, 5.74) is 1.46. The van der Waals surface area contributed by atoms with E-state index in [1.54, 1.807) is 13.0 Å². The van der Waals surface area contributed by atoms with Crippen LogP contribution in [0.5, 0.6) is 0 Å². The monoisotopic (exact) mass is 264 g/mol. The van der Waals surface area contributed by atoms with Gasteiger partial charge in [0.25, 0.3) is 0 Å². The van der Waals surface area contributed by atoms with E-state index in [9.17, 15) is 9.50 Å². The average molecular weight is 264 g/mol. The molecule has 0 amide bonds. The van der Waals surface area contributed by atoms with Gasteiger partial charge in [-0.05, 0) is 30.2 Å². The maximum absolute atomic E-state index is 13.0. The molecule has 1 aliphatic rings. The first-order valence-corrected chi connectivity index (χ1v) is 6.28. The maximum Gasteiger partial charge on any atom is 0.156 e. The zero-order chi connectivity index (χ0) is 13.8. The summed E-state index contributed by atoms with van der Waals surface area (Å²) in [6.07, 6.45) is -1.12. The van der Waals surface area contributed by atoms with E-state index in [1.807, 2.05) is 4.90 Å². The van der Waals surface area contributed by atoms with Crippen molar-refractivity contribution in [1.29, 1.82) is 5.26 Å². The smallest absolute Gasteiger partial charge is 0.156 e. The van der Waals surface area contributed by atoms with Crippen LogP contribution in [0.1, 0.15) is 17.2 Å². The SMILES string of the molecule is Cc1cc(F)ccc1C(O)CN1CCOC(C#N)C1. The van der Waals surface area contributed by atoms with E-state index in [0.717, 1.165) is 11.1 Å².